The van der Waals surface area contributed by atoms with Crippen LogP contribution < -0.4 is 5.32 Å². The van der Waals surface area contributed by atoms with Gasteiger partial charge in [-0.2, -0.15) is 0 Å². The van der Waals surface area contributed by atoms with Gasteiger partial charge in [0, 0.05) is 25.2 Å². The van der Waals surface area contributed by atoms with Gasteiger partial charge in [0.25, 0.3) is 0 Å². The summed E-state index contributed by atoms with van der Waals surface area (Å²) in [5, 5.41) is 4.20. The molecule has 0 saturated carbocycles. The van der Waals surface area contributed by atoms with Gasteiger partial charge in [-0.3, -0.25) is 4.90 Å². The van der Waals surface area contributed by atoms with Crippen molar-refractivity contribution >= 4 is 11.8 Å². The van der Waals surface area contributed by atoms with E-state index in [0.717, 1.165) is 0 Å². The molecule has 0 radical (unpaired) electrons. The zero-order valence-electron chi connectivity index (χ0n) is 8.50. The van der Waals surface area contributed by atoms with Crippen LogP contribution in [0.15, 0.2) is 0 Å². The first-order chi connectivity index (χ1) is 5.63. The lowest BCUT2D eigenvalue weighted by Gasteiger charge is -2.39. The van der Waals surface area contributed by atoms with E-state index < -0.39 is 0 Å². The molecular formula is C9H20N2S. The largest absolute Gasteiger partial charge is 0.309 e. The average Bonchev–Trinajstić information content (AvgIpc) is 2.01. The molecule has 12 heavy (non-hydrogen) atoms. The van der Waals surface area contributed by atoms with Crippen molar-refractivity contribution in [2.24, 2.45) is 0 Å². The van der Waals surface area contributed by atoms with Crippen molar-refractivity contribution in [3.05, 3.63) is 0 Å². The number of hydrogen-bond acceptors (Lipinski definition) is 3. The van der Waals surface area contributed by atoms with Crippen LogP contribution in [0, 0.1) is 0 Å². The molecule has 1 rings (SSSR count). The van der Waals surface area contributed by atoms with E-state index in [2.05, 4.69) is 37.2 Å². The topological polar surface area (TPSA) is 15.3 Å². The fourth-order valence-corrected chi connectivity index (χ4v) is 2.29. The van der Waals surface area contributed by atoms with Crippen molar-refractivity contribution in [1.82, 2.24) is 10.2 Å². The third kappa shape index (κ3) is 2.64. The molecule has 1 heterocycles. The molecule has 1 fully saturated rings. The molecule has 0 bridgehead atoms. The SMILES string of the molecule is CSC(C)N1C[C@@H](C)N[C@@H](C)C1. The third-order valence-electron chi connectivity index (χ3n) is 2.44. The van der Waals surface area contributed by atoms with Gasteiger partial charge in [0.05, 0.1) is 5.37 Å². The second-order valence-electron chi connectivity index (χ2n) is 3.76. The van der Waals surface area contributed by atoms with Gasteiger partial charge < -0.3 is 5.32 Å². The van der Waals surface area contributed by atoms with Crippen LogP contribution in [-0.4, -0.2) is 41.7 Å². The van der Waals surface area contributed by atoms with Crippen molar-refractivity contribution in [2.45, 2.75) is 38.2 Å². The summed E-state index contributed by atoms with van der Waals surface area (Å²) in [6, 6.07) is 1.28. The Morgan fingerprint density at radius 2 is 1.83 bits per heavy atom. The molecule has 0 spiro atoms. The predicted octanol–water partition coefficient (Wildman–Crippen LogP) is 1.38. The maximum atomic E-state index is 3.54. The van der Waals surface area contributed by atoms with Crippen molar-refractivity contribution in [3.8, 4) is 0 Å². The molecule has 3 heteroatoms. The van der Waals surface area contributed by atoms with Crippen molar-refractivity contribution in [2.75, 3.05) is 19.3 Å². The predicted molar refractivity (Wildman–Crippen MR) is 56.6 cm³/mol. The summed E-state index contributed by atoms with van der Waals surface area (Å²) in [7, 11) is 0. The van der Waals surface area contributed by atoms with Gasteiger partial charge in [-0.15, -0.1) is 11.8 Å². The number of nitrogens with one attached hydrogen (secondary N) is 1. The molecule has 72 valence electrons. The third-order valence-corrected chi connectivity index (χ3v) is 3.42. The van der Waals surface area contributed by atoms with E-state index in [1.807, 2.05) is 11.8 Å². The summed E-state index contributed by atoms with van der Waals surface area (Å²) in [5.41, 5.74) is 0. The first-order valence-corrected chi connectivity index (χ1v) is 5.95. The van der Waals surface area contributed by atoms with E-state index in [9.17, 15) is 0 Å². The maximum absolute atomic E-state index is 3.54. The van der Waals surface area contributed by atoms with Crippen LogP contribution in [0.1, 0.15) is 20.8 Å². The molecule has 1 unspecified atom stereocenters. The van der Waals surface area contributed by atoms with Crippen LogP contribution in [0.4, 0.5) is 0 Å². The van der Waals surface area contributed by atoms with Crippen molar-refractivity contribution in [1.29, 1.82) is 0 Å². The van der Waals surface area contributed by atoms with Crippen LogP contribution >= 0.6 is 11.8 Å². The van der Waals surface area contributed by atoms with Gasteiger partial charge in [0.1, 0.15) is 0 Å². The van der Waals surface area contributed by atoms with Crippen LogP contribution in [0.25, 0.3) is 0 Å². The van der Waals surface area contributed by atoms with E-state index >= 15 is 0 Å². The molecule has 1 aliphatic rings. The second kappa shape index (κ2) is 4.49. The van der Waals surface area contributed by atoms with E-state index in [4.69, 9.17) is 0 Å². The lowest BCUT2D eigenvalue weighted by molar-refractivity contribution is 0.168. The molecule has 3 atom stereocenters. The summed E-state index contributed by atoms with van der Waals surface area (Å²) in [4.78, 5) is 2.55. The number of hydrogen-bond donors (Lipinski definition) is 1. The van der Waals surface area contributed by atoms with Gasteiger partial charge in [-0.1, -0.05) is 0 Å². The van der Waals surface area contributed by atoms with E-state index in [-0.39, 0.29) is 0 Å². The zero-order chi connectivity index (χ0) is 9.14. The maximum Gasteiger partial charge on any atom is 0.0527 e. The van der Waals surface area contributed by atoms with Crippen LogP contribution in [0.5, 0.6) is 0 Å². The van der Waals surface area contributed by atoms with Crippen LogP contribution in [0.3, 0.4) is 0 Å². The van der Waals surface area contributed by atoms with Crippen molar-refractivity contribution < 1.29 is 0 Å². The van der Waals surface area contributed by atoms with Crippen LogP contribution in [-0.2, 0) is 0 Å². The highest BCUT2D eigenvalue weighted by atomic mass is 32.2. The molecule has 0 aromatic heterocycles. The quantitative estimate of drug-likeness (QED) is 0.705. The molecule has 1 N–H and O–H groups in total. The fraction of sp³-hybridized carbons (Fsp3) is 1.00. The fourth-order valence-electron chi connectivity index (χ4n) is 1.82. The molecule has 0 aromatic carbocycles. The summed E-state index contributed by atoms with van der Waals surface area (Å²) in [6.45, 7) is 9.18. The minimum Gasteiger partial charge on any atom is -0.309 e. The zero-order valence-corrected chi connectivity index (χ0v) is 9.32. The summed E-state index contributed by atoms with van der Waals surface area (Å²) < 4.78 is 0. The number of piperazine rings is 1. The lowest BCUT2D eigenvalue weighted by atomic mass is 10.1. The minimum atomic E-state index is 0.642. The van der Waals surface area contributed by atoms with E-state index in [0.29, 0.717) is 17.5 Å². The normalized spacial score (nSPS) is 35.0. The highest BCUT2D eigenvalue weighted by molar-refractivity contribution is 7.99. The first-order valence-electron chi connectivity index (χ1n) is 4.66. The van der Waals surface area contributed by atoms with Gasteiger partial charge in [-0.25, -0.2) is 0 Å². The lowest BCUT2D eigenvalue weighted by Crippen LogP contribution is -2.55. The monoisotopic (exact) mass is 188 g/mol. The minimum absolute atomic E-state index is 0.642. The second-order valence-corrected chi connectivity index (χ2v) is 4.91. The summed E-state index contributed by atoms with van der Waals surface area (Å²) in [5.74, 6) is 0. The van der Waals surface area contributed by atoms with E-state index in [1.165, 1.54) is 13.1 Å². The summed E-state index contributed by atoms with van der Waals surface area (Å²) >= 11 is 1.93. The Kier molecular flexibility index (Phi) is 3.87. The Labute approximate surface area is 80.1 Å². The molecule has 0 amide bonds. The molecule has 1 aliphatic heterocycles. The van der Waals surface area contributed by atoms with E-state index in [1.54, 1.807) is 0 Å². The van der Waals surface area contributed by atoms with Gasteiger partial charge >= 0.3 is 0 Å². The van der Waals surface area contributed by atoms with Gasteiger partial charge in [0.15, 0.2) is 0 Å². The Morgan fingerprint density at radius 3 is 2.25 bits per heavy atom. The number of rotatable bonds is 2. The molecule has 0 aliphatic carbocycles. The Bertz CT molecular complexity index is 130. The summed E-state index contributed by atoms with van der Waals surface area (Å²) in [6.07, 6.45) is 2.18. The standard InChI is InChI=1S/C9H20N2S/c1-7-5-11(9(3)12-4)6-8(2)10-7/h7-10H,5-6H2,1-4H3/t7-,8+,9?. The van der Waals surface area contributed by atoms with Gasteiger partial charge in [-0.05, 0) is 27.0 Å². The highest BCUT2D eigenvalue weighted by Gasteiger charge is 2.23. The Morgan fingerprint density at radius 1 is 1.33 bits per heavy atom. The molecule has 2 nitrogen and oxygen atoms in total. The number of nitrogens with zero attached hydrogens (tertiary/aromatic N) is 1. The Balaban J connectivity index is 2.43. The average molecular weight is 188 g/mol. The van der Waals surface area contributed by atoms with Crippen molar-refractivity contribution in [3.63, 3.8) is 0 Å². The molecular weight excluding hydrogens is 168 g/mol. The van der Waals surface area contributed by atoms with Gasteiger partial charge in [0.2, 0.25) is 0 Å². The molecule has 1 saturated heterocycles. The molecule has 0 aromatic rings. The highest BCUT2D eigenvalue weighted by Crippen LogP contribution is 2.15. The smallest absolute Gasteiger partial charge is 0.0527 e. The van der Waals surface area contributed by atoms with Crippen LogP contribution in [0.2, 0.25) is 0 Å². The number of thioether (sulfide) groups is 1. The Hall–Kier alpha value is 0.270. The first kappa shape index (κ1) is 10.4.